The van der Waals surface area contributed by atoms with Crippen molar-refractivity contribution in [2.75, 3.05) is 0 Å². The van der Waals surface area contributed by atoms with Gasteiger partial charge in [0.15, 0.2) is 0 Å². The lowest BCUT2D eigenvalue weighted by Crippen LogP contribution is -2.11. The maximum absolute atomic E-state index is 11.3. The summed E-state index contributed by atoms with van der Waals surface area (Å²) < 4.78 is 0. The summed E-state index contributed by atoms with van der Waals surface area (Å²) in [4.78, 5) is 22.4. The minimum absolute atomic E-state index is 0.131. The van der Waals surface area contributed by atoms with E-state index in [0.717, 1.165) is 11.1 Å². The highest BCUT2D eigenvalue weighted by Gasteiger charge is 2.19. The number of hydrogen-bond acceptors (Lipinski definition) is 2. The monoisotopic (exact) mass is 298 g/mol. The van der Waals surface area contributed by atoms with Crippen LogP contribution < -0.4 is 0 Å². The molecule has 2 aromatic carbocycles. The molecule has 0 aliphatic rings. The molecule has 0 radical (unpaired) electrons. The van der Waals surface area contributed by atoms with Crippen LogP contribution in [0.5, 0.6) is 0 Å². The Labute approximate surface area is 129 Å². The van der Waals surface area contributed by atoms with Crippen LogP contribution in [0.15, 0.2) is 48.5 Å². The first kappa shape index (κ1) is 15.8. The molecule has 0 heterocycles. The topological polar surface area (TPSA) is 74.6 Å². The Morgan fingerprint density at radius 3 is 2.27 bits per heavy atom. The molecule has 0 amide bonds. The summed E-state index contributed by atoms with van der Waals surface area (Å²) in [5.41, 5.74) is 3.03. The van der Waals surface area contributed by atoms with Gasteiger partial charge in [-0.3, -0.25) is 9.59 Å². The summed E-state index contributed by atoms with van der Waals surface area (Å²) in [6, 6.07) is 14.8. The van der Waals surface area contributed by atoms with Crippen molar-refractivity contribution in [2.45, 2.75) is 25.7 Å². The summed E-state index contributed by atoms with van der Waals surface area (Å²) in [6.45, 7) is 1.81. The fraction of sp³-hybridized carbons (Fsp3) is 0.222. The van der Waals surface area contributed by atoms with Gasteiger partial charge >= 0.3 is 11.9 Å². The van der Waals surface area contributed by atoms with Gasteiger partial charge in [0.2, 0.25) is 0 Å². The normalized spacial score (nSPS) is 11.9. The highest BCUT2D eigenvalue weighted by atomic mass is 16.4. The lowest BCUT2D eigenvalue weighted by Gasteiger charge is -2.15. The molecule has 114 valence electrons. The molecule has 0 aliphatic heterocycles. The number of aliphatic carboxylic acids is 2. The van der Waals surface area contributed by atoms with Crippen LogP contribution in [-0.4, -0.2) is 22.2 Å². The Bertz CT molecular complexity index is 677. The standard InChI is InChI=1S/C18H18O4/c1-2-15(18(21)22)13-8-9-16(12-6-4-3-5-7-12)14(10-13)11-17(19)20/h3-10,15H,2,11H2,1H3,(H,19,20)(H,21,22). The third-order valence-corrected chi connectivity index (χ3v) is 3.66. The number of hydrogen-bond donors (Lipinski definition) is 2. The van der Waals surface area contributed by atoms with Crippen LogP contribution in [0.2, 0.25) is 0 Å². The minimum atomic E-state index is -0.933. The zero-order valence-electron chi connectivity index (χ0n) is 12.3. The molecule has 4 nitrogen and oxygen atoms in total. The SMILES string of the molecule is CCC(C(=O)O)c1ccc(-c2ccccc2)c(CC(=O)O)c1. The molecule has 1 unspecified atom stereocenters. The average Bonchev–Trinajstić information content (AvgIpc) is 2.48. The molecule has 22 heavy (non-hydrogen) atoms. The zero-order valence-corrected chi connectivity index (χ0v) is 12.3. The van der Waals surface area contributed by atoms with E-state index < -0.39 is 17.9 Å². The van der Waals surface area contributed by atoms with Crippen molar-refractivity contribution >= 4 is 11.9 Å². The molecule has 0 bridgehead atoms. The number of carboxylic acid groups (broad SMARTS) is 2. The Morgan fingerprint density at radius 2 is 1.73 bits per heavy atom. The van der Waals surface area contributed by atoms with E-state index in [1.807, 2.05) is 36.4 Å². The first-order valence-corrected chi connectivity index (χ1v) is 7.15. The summed E-state index contributed by atoms with van der Waals surface area (Å²) in [6.07, 6.45) is 0.334. The maximum Gasteiger partial charge on any atom is 0.310 e. The van der Waals surface area contributed by atoms with Gasteiger partial charge in [0.05, 0.1) is 12.3 Å². The average molecular weight is 298 g/mol. The van der Waals surface area contributed by atoms with Crippen molar-refractivity contribution < 1.29 is 19.8 Å². The van der Waals surface area contributed by atoms with Gasteiger partial charge in [-0.2, -0.15) is 0 Å². The predicted molar refractivity (Wildman–Crippen MR) is 83.9 cm³/mol. The molecular formula is C18H18O4. The van der Waals surface area contributed by atoms with Gasteiger partial charge in [0.25, 0.3) is 0 Å². The second kappa shape index (κ2) is 6.89. The largest absolute Gasteiger partial charge is 0.481 e. The molecule has 0 spiro atoms. The highest BCUT2D eigenvalue weighted by molar-refractivity contribution is 5.79. The third-order valence-electron chi connectivity index (χ3n) is 3.66. The van der Waals surface area contributed by atoms with Crippen molar-refractivity contribution in [1.82, 2.24) is 0 Å². The fourth-order valence-corrected chi connectivity index (χ4v) is 2.59. The smallest absolute Gasteiger partial charge is 0.310 e. The van der Waals surface area contributed by atoms with E-state index in [4.69, 9.17) is 5.11 Å². The molecule has 0 saturated heterocycles. The van der Waals surface area contributed by atoms with E-state index >= 15 is 0 Å². The number of carbonyl (C=O) groups is 2. The van der Waals surface area contributed by atoms with Crippen LogP contribution in [0.25, 0.3) is 11.1 Å². The predicted octanol–water partition coefficient (Wildman–Crippen LogP) is 3.56. The van der Waals surface area contributed by atoms with Gasteiger partial charge in [-0.05, 0) is 28.7 Å². The zero-order chi connectivity index (χ0) is 16.1. The Morgan fingerprint density at radius 1 is 1.05 bits per heavy atom. The maximum atomic E-state index is 11.3. The molecule has 0 fully saturated rings. The van der Waals surface area contributed by atoms with Crippen molar-refractivity contribution in [3.63, 3.8) is 0 Å². The van der Waals surface area contributed by atoms with E-state index in [1.54, 1.807) is 19.1 Å². The van der Waals surface area contributed by atoms with Crippen LogP contribution in [0, 0.1) is 0 Å². The minimum Gasteiger partial charge on any atom is -0.481 e. The summed E-state index contributed by atoms with van der Waals surface area (Å²) in [7, 11) is 0. The molecule has 0 saturated carbocycles. The molecule has 2 rings (SSSR count). The Kier molecular flexibility index (Phi) is 4.94. The van der Waals surface area contributed by atoms with E-state index in [0.29, 0.717) is 17.5 Å². The molecule has 2 aromatic rings. The quantitative estimate of drug-likeness (QED) is 0.855. The molecule has 0 aromatic heterocycles. The Balaban J connectivity index is 2.51. The lowest BCUT2D eigenvalue weighted by molar-refractivity contribution is -0.139. The highest BCUT2D eigenvalue weighted by Crippen LogP contribution is 2.29. The first-order chi connectivity index (χ1) is 10.5. The molecule has 4 heteroatoms. The fourth-order valence-electron chi connectivity index (χ4n) is 2.59. The van der Waals surface area contributed by atoms with E-state index in [-0.39, 0.29) is 6.42 Å². The van der Waals surface area contributed by atoms with Crippen molar-refractivity contribution in [3.05, 3.63) is 59.7 Å². The molecule has 0 aliphatic carbocycles. The van der Waals surface area contributed by atoms with Crippen LogP contribution in [0.4, 0.5) is 0 Å². The summed E-state index contributed by atoms with van der Waals surface area (Å²) in [5, 5.41) is 18.4. The van der Waals surface area contributed by atoms with Crippen LogP contribution in [0.1, 0.15) is 30.4 Å². The van der Waals surface area contributed by atoms with Crippen molar-refractivity contribution in [1.29, 1.82) is 0 Å². The van der Waals surface area contributed by atoms with Crippen molar-refractivity contribution in [3.8, 4) is 11.1 Å². The van der Waals surface area contributed by atoms with E-state index in [1.165, 1.54) is 0 Å². The summed E-state index contributed by atoms with van der Waals surface area (Å²) in [5.74, 6) is -2.44. The second-order valence-corrected chi connectivity index (χ2v) is 5.15. The number of rotatable bonds is 6. The number of carboxylic acids is 2. The van der Waals surface area contributed by atoms with Crippen molar-refractivity contribution in [2.24, 2.45) is 0 Å². The van der Waals surface area contributed by atoms with Gasteiger partial charge in [-0.1, -0.05) is 55.5 Å². The van der Waals surface area contributed by atoms with Crippen LogP contribution in [0.3, 0.4) is 0 Å². The molecular weight excluding hydrogens is 280 g/mol. The van der Waals surface area contributed by atoms with Crippen LogP contribution >= 0.6 is 0 Å². The van der Waals surface area contributed by atoms with E-state index in [2.05, 4.69) is 0 Å². The van der Waals surface area contributed by atoms with Gasteiger partial charge in [-0.25, -0.2) is 0 Å². The molecule has 2 N–H and O–H groups in total. The van der Waals surface area contributed by atoms with Crippen LogP contribution in [-0.2, 0) is 16.0 Å². The Hall–Kier alpha value is -2.62. The van der Waals surface area contributed by atoms with Gasteiger partial charge < -0.3 is 10.2 Å². The third kappa shape index (κ3) is 3.52. The lowest BCUT2D eigenvalue weighted by atomic mass is 9.90. The van der Waals surface area contributed by atoms with Gasteiger partial charge in [-0.15, -0.1) is 0 Å². The van der Waals surface area contributed by atoms with Gasteiger partial charge in [0.1, 0.15) is 0 Å². The van der Waals surface area contributed by atoms with E-state index in [9.17, 15) is 14.7 Å². The molecule has 1 atom stereocenters. The first-order valence-electron chi connectivity index (χ1n) is 7.15. The summed E-state index contributed by atoms with van der Waals surface area (Å²) >= 11 is 0. The second-order valence-electron chi connectivity index (χ2n) is 5.15. The van der Waals surface area contributed by atoms with Gasteiger partial charge in [0, 0.05) is 0 Å². The number of benzene rings is 2.